The zero-order valence-electron chi connectivity index (χ0n) is 39.8. The van der Waals surface area contributed by atoms with Gasteiger partial charge in [0, 0.05) is 26.1 Å². The van der Waals surface area contributed by atoms with Crippen molar-refractivity contribution in [3.05, 3.63) is 87.9 Å². The highest BCUT2D eigenvalue weighted by atomic mass is 32.1. The van der Waals surface area contributed by atoms with E-state index < -0.39 is 74.7 Å². The van der Waals surface area contributed by atoms with Gasteiger partial charge in [0.05, 0.1) is 65.1 Å². The summed E-state index contributed by atoms with van der Waals surface area (Å²) in [6.45, 7) is 10.8. The van der Waals surface area contributed by atoms with E-state index in [1.807, 2.05) is 52.0 Å². The first kappa shape index (κ1) is 53.7. The van der Waals surface area contributed by atoms with Crippen molar-refractivity contribution in [2.24, 2.45) is 11.1 Å². The molecule has 0 bridgehead atoms. The van der Waals surface area contributed by atoms with Gasteiger partial charge in [-0.25, -0.2) is 14.4 Å². The number of likely N-dealkylation sites (tertiary alicyclic amines) is 1. The first-order chi connectivity index (χ1) is 33.5. The second-order valence-electron chi connectivity index (χ2n) is 18.3. The van der Waals surface area contributed by atoms with E-state index in [2.05, 4.69) is 20.6 Å². The number of alkyl halides is 3. The summed E-state index contributed by atoms with van der Waals surface area (Å²) in [5.74, 6) is -5.06. The Morgan fingerprint density at radius 1 is 1.04 bits per heavy atom. The van der Waals surface area contributed by atoms with Crippen LogP contribution in [-0.2, 0) is 41.4 Å². The largest absolute Gasteiger partial charge is 0.477 e. The molecule has 2 aliphatic rings. The van der Waals surface area contributed by atoms with Gasteiger partial charge in [-0.15, -0.1) is 11.3 Å². The van der Waals surface area contributed by atoms with Crippen LogP contribution in [0.1, 0.15) is 86.6 Å². The first-order valence-electron chi connectivity index (χ1n) is 22.4. The highest BCUT2D eigenvalue weighted by Gasteiger charge is 2.52. The molecule has 0 radical (unpaired) electrons. The lowest BCUT2D eigenvalue weighted by Gasteiger charge is -2.35. The number of thiocarbonyl (C=S) groups is 1. The maximum absolute atomic E-state index is 15.5. The van der Waals surface area contributed by atoms with Gasteiger partial charge in [-0.3, -0.25) is 28.9 Å². The van der Waals surface area contributed by atoms with Crippen LogP contribution in [0.15, 0.2) is 54.2 Å². The van der Waals surface area contributed by atoms with E-state index in [0.29, 0.717) is 37.3 Å². The molecule has 0 spiro atoms. The first-order valence-corrected chi connectivity index (χ1v) is 23.7. The van der Waals surface area contributed by atoms with Gasteiger partial charge in [0.25, 0.3) is 11.8 Å². The number of halogens is 4. The van der Waals surface area contributed by atoms with Gasteiger partial charge in [-0.05, 0) is 80.6 Å². The number of anilines is 2. The number of benzene rings is 2. The molecular weight excluding hydrogens is 971 g/mol. The molecule has 2 saturated heterocycles. The molecule has 2 fully saturated rings. The highest BCUT2D eigenvalue weighted by molar-refractivity contribution is 7.81. The molecule has 23 heteroatoms. The molecule has 0 saturated carbocycles. The molecule has 71 heavy (non-hydrogen) atoms. The molecule has 5 amide bonds. The summed E-state index contributed by atoms with van der Waals surface area (Å²) in [6, 6.07) is 10.4. The summed E-state index contributed by atoms with van der Waals surface area (Å²) < 4.78 is 73.6. The average molecular weight is 1020 g/mol. The fraction of sp³-hybridized carbons (Fsp3) is 0.438. The molecule has 0 aliphatic carbocycles. The average Bonchev–Trinajstić information content (AvgIpc) is 4.02. The molecule has 17 nitrogen and oxygen atoms in total. The fourth-order valence-corrected chi connectivity index (χ4v) is 9.43. The number of amides is 5. The number of nitriles is 1. The number of aryl methyl sites for hydroxylation is 1. The minimum Gasteiger partial charge on any atom is -0.477 e. The molecule has 4 N–H and O–H groups in total. The summed E-state index contributed by atoms with van der Waals surface area (Å²) >= 11 is 7.04. The molecule has 4 aromatic rings. The maximum atomic E-state index is 15.5. The number of nitrogens with two attached hydrogens (primary N) is 1. The Morgan fingerprint density at radius 3 is 2.38 bits per heavy atom. The number of carbonyl (C=O) groups is 5. The molecule has 6 rings (SSSR count). The van der Waals surface area contributed by atoms with E-state index in [4.69, 9.17) is 32.2 Å². The predicted molar refractivity (Wildman–Crippen MR) is 258 cm³/mol. The van der Waals surface area contributed by atoms with Gasteiger partial charge >= 0.3 is 6.18 Å². The topological polar surface area (TPSA) is 222 Å². The Morgan fingerprint density at radius 2 is 1.75 bits per heavy atom. The molecule has 2 aromatic heterocycles. The van der Waals surface area contributed by atoms with Crippen molar-refractivity contribution in [2.45, 2.75) is 91.1 Å². The van der Waals surface area contributed by atoms with Gasteiger partial charge < -0.3 is 40.4 Å². The van der Waals surface area contributed by atoms with E-state index in [1.54, 1.807) is 16.8 Å². The molecule has 2 unspecified atom stereocenters. The van der Waals surface area contributed by atoms with E-state index in [9.17, 15) is 42.4 Å². The van der Waals surface area contributed by atoms with Crippen molar-refractivity contribution in [3.63, 3.8) is 0 Å². The number of hydrogen-bond acceptors (Lipinski definition) is 13. The third-order valence-electron chi connectivity index (χ3n) is 11.8. The van der Waals surface area contributed by atoms with Crippen molar-refractivity contribution in [2.75, 3.05) is 49.4 Å². The lowest BCUT2D eigenvalue weighted by molar-refractivity contribution is -0.144. The number of nitrogens with zero attached hydrogens (tertiary/aromatic N) is 6. The predicted octanol–water partition coefficient (Wildman–Crippen LogP) is 6.20. The number of thiazole rings is 1. The van der Waals surface area contributed by atoms with Crippen LogP contribution in [0.4, 0.5) is 28.9 Å². The van der Waals surface area contributed by atoms with Crippen LogP contribution < -0.4 is 30.9 Å². The fourth-order valence-electron chi connectivity index (χ4n) is 8.10. The third kappa shape index (κ3) is 12.1. The summed E-state index contributed by atoms with van der Waals surface area (Å²) in [5, 5.41) is 14.5. The summed E-state index contributed by atoms with van der Waals surface area (Å²) in [5.41, 5.74) is 4.18. The van der Waals surface area contributed by atoms with E-state index in [1.165, 1.54) is 42.0 Å². The Labute approximate surface area is 416 Å². The molecule has 2 atom stereocenters. The van der Waals surface area contributed by atoms with Crippen molar-refractivity contribution < 1.29 is 55.7 Å². The molecular formula is C48H53F4N9O8S2. The van der Waals surface area contributed by atoms with Gasteiger partial charge in [-0.1, -0.05) is 45.0 Å². The number of hydrogen-bond donors (Lipinski definition) is 3. The smallest absolute Gasteiger partial charge is 0.420 e. The van der Waals surface area contributed by atoms with Crippen LogP contribution >= 0.6 is 23.6 Å². The van der Waals surface area contributed by atoms with Crippen LogP contribution in [0.5, 0.6) is 5.88 Å². The number of carbonyl (C=O) groups excluding carboxylic acids is 5. The van der Waals surface area contributed by atoms with Crippen LogP contribution in [0.3, 0.4) is 0 Å². The molecule has 2 aliphatic heterocycles. The van der Waals surface area contributed by atoms with Crippen molar-refractivity contribution in [3.8, 4) is 22.4 Å². The van der Waals surface area contributed by atoms with Crippen LogP contribution in [0.25, 0.3) is 10.4 Å². The molecule has 4 heterocycles. The number of pyridine rings is 1. The second kappa shape index (κ2) is 22.2. The van der Waals surface area contributed by atoms with Gasteiger partial charge in [0.15, 0.2) is 10.9 Å². The van der Waals surface area contributed by atoms with Gasteiger partial charge in [-0.2, -0.15) is 18.4 Å². The summed E-state index contributed by atoms with van der Waals surface area (Å²) in [6.07, 6.45) is -2.63. The molecule has 378 valence electrons. The lowest BCUT2D eigenvalue weighted by atomic mass is 9.85. The number of nitrogens with one attached hydrogen (secondary N) is 2. The van der Waals surface area contributed by atoms with Gasteiger partial charge in [0.1, 0.15) is 35.4 Å². The minimum atomic E-state index is -5.26. The Balaban J connectivity index is 0.941. The SMILES string of the molecule is Cc1ncsc1-c1ccc(CNC(=O)C2CCCN2C(=O)C(NC(=O)COCCOCCCOc2ncc(N3C(=S)N(c4ccc(C#N)c(C(F)(F)F)c4F)C(=O)C3(C)C)cc2C(N)=O)C(C)(C)C)cc1. The van der Waals surface area contributed by atoms with Crippen LogP contribution in [-0.4, -0.2) is 107 Å². The van der Waals surface area contributed by atoms with Crippen molar-refractivity contribution >= 4 is 69.6 Å². The quantitative estimate of drug-likeness (QED) is 0.0542. The van der Waals surface area contributed by atoms with Crippen molar-refractivity contribution in [1.82, 2.24) is 25.5 Å². The lowest BCUT2D eigenvalue weighted by Crippen LogP contribution is -2.58. The van der Waals surface area contributed by atoms with E-state index in [0.717, 1.165) is 33.8 Å². The number of primary amides is 1. The summed E-state index contributed by atoms with van der Waals surface area (Å²) in [7, 11) is 0. The Kier molecular flexibility index (Phi) is 16.8. The zero-order valence-corrected chi connectivity index (χ0v) is 41.4. The van der Waals surface area contributed by atoms with Crippen LogP contribution in [0, 0.1) is 29.5 Å². The Hall–Kier alpha value is -6.61. The number of rotatable bonds is 19. The number of aromatic nitrogens is 2. The maximum Gasteiger partial charge on any atom is 0.420 e. The highest BCUT2D eigenvalue weighted by Crippen LogP contribution is 2.42. The normalized spacial score (nSPS) is 16.2. The van der Waals surface area contributed by atoms with Crippen LogP contribution in [0.2, 0.25) is 0 Å². The summed E-state index contributed by atoms with van der Waals surface area (Å²) in [4.78, 5) is 79.4. The van der Waals surface area contributed by atoms with Gasteiger partial charge in [0.2, 0.25) is 23.6 Å². The monoisotopic (exact) mass is 1020 g/mol. The third-order valence-corrected chi connectivity index (χ3v) is 13.1. The minimum absolute atomic E-state index is 0.000844. The standard InChI is InChI=1S/C48H53F4N9O8S2/c1-27-38(71-26-57-27)29-12-10-28(11-13-29)23-55-41(64)34-9-7-16-59(34)43(65)39(46(2,3)4)58-35(62)25-68-20-19-67-17-8-18-69-42-32(40(54)63)21-31(24-56-42)61-45(70)60(44(66)47(61,5)6)33-15-14-30(22-53)36(37(33)49)48(50,51)52/h10-15,21,24,26,34,39H,7-9,16-20,23,25H2,1-6H3,(H2,54,63)(H,55,64)(H,58,62). The number of ether oxygens (including phenoxy) is 3. The second-order valence-corrected chi connectivity index (χ2v) is 19.5. The zero-order chi connectivity index (χ0) is 52.0. The Bertz CT molecular complexity index is 2720. The van der Waals surface area contributed by atoms with Crippen molar-refractivity contribution in [1.29, 1.82) is 5.26 Å². The van der Waals surface area contributed by atoms with E-state index >= 15 is 4.39 Å². The van der Waals surface area contributed by atoms with E-state index in [-0.39, 0.29) is 62.0 Å². The molecule has 2 aromatic carbocycles.